The Kier molecular flexibility index (Phi) is 2.28. The number of benzene rings is 1. The van der Waals surface area contributed by atoms with Crippen LogP contribution in [0.3, 0.4) is 0 Å². The van der Waals surface area contributed by atoms with Crippen molar-refractivity contribution < 1.29 is 0 Å². The van der Waals surface area contributed by atoms with Gasteiger partial charge in [0.1, 0.15) is 0 Å². The minimum Gasteiger partial charge on any atom is -0.361 e. The van der Waals surface area contributed by atoms with Gasteiger partial charge in [0, 0.05) is 29.1 Å². The molecule has 4 rings (SSSR count). The van der Waals surface area contributed by atoms with Crippen LogP contribution in [0.4, 0.5) is 0 Å². The van der Waals surface area contributed by atoms with Crippen molar-refractivity contribution in [1.82, 2.24) is 10.3 Å². The van der Waals surface area contributed by atoms with Gasteiger partial charge in [-0.2, -0.15) is 0 Å². The van der Waals surface area contributed by atoms with Crippen LogP contribution in [0.15, 0.2) is 30.5 Å². The summed E-state index contributed by atoms with van der Waals surface area (Å²) in [6.07, 6.45) is 6.53. The van der Waals surface area contributed by atoms with Crippen LogP contribution >= 0.6 is 0 Å². The van der Waals surface area contributed by atoms with E-state index in [4.69, 9.17) is 0 Å². The molecule has 2 aromatic rings. The molecule has 2 aliphatic rings. The molecular weight excluding hydrogens is 220 g/mol. The molecule has 2 N–H and O–H groups in total. The molecule has 0 radical (unpaired) electrons. The second kappa shape index (κ2) is 3.86. The van der Waals surface area contributed by atoms with Gasteiger partial charge in [-0.05, 0) is 49.8 Å². The molecule has 1 heterocycles. The first-order valence-electron chi connectivity index (χ1n) is 7.12. The van der Waals surface area contributed by atoms with Crippen molar-refractivity contribution in [2.45, 2.75) is 31.2 Å². The van der Waals surface area contributed by atoms with E-state index in [0.717, 1.165) is 11.8 Å². The normalized spacial score (nSPS) is 34.5. The first-order valence-corrected chi connectivity index (χ1v) is 7.12. The molecule has 2 nitrogen and oxygen atoms in total. The van der Waals surface area contributed by atoms with Crippen molar-refractivity contribution in [3.8, 4) is 0 Å². The van der Waals surface area contributed by atoms with E-state index in [2.05, 4.69) is 47.8 Å². The summed E-state index contributed by atoms with van der Waals surface area (Å²) in [5.41, 5.74) is 2.82. The molecule has 2 fully saturated rings. The SMILES string of the molecule is CN[C@@H]1[C@H]2CC[C@H](C2)[C@H]1c1c[nH]c2ccccc12. The van der Waals surface area contributed by atoms with Crippen LogP contribution < -0.4 is 5.32 Å². The van der Waals surface area contributed by atoms with E-state index in [0.29, 0.717) is 12.0 Å². The zero-order chi connectivity index (χ0) is 12.1. The van der Waals surface area contributed by atoms with Crippen molar-refractivity contribution >= 4 is 10.9 Å². The van der Waals surface area contributed by atoms with Gasteiger partial charge in [0.15, 0.2) is 0 Å². The average molecular weight is 240 g/mol. The van der Waals surface area contributed by atoms with Gasteiger partial charge in [0.2, 0.25) is 0 Å². The predicted octanol–water partition coefficient (Wildman–Crippen LogP) is 3.27. The monoisotopic (exact) mass is 240 g/mol. The maximum atomic E-state index is 3.58. The Morgan fingerprint density at radius 1 is 1.17 bits per heavy atom. The third-order valence-corrected chi connectivity index (χ3v) is 5.23. The van der Waals surface area contributed by atoms with Crippen LogP contribution in [-0.2, 0) is 0 Å². The van der Waals surface area contributed by atoms with Crippen molar-refractivity contribution in [3.63, 3.8) is 0 Å². The van der Waals surface area contributed by atoms with Crippen molar-refractivity contribution in [2.24, 2.45) is 11.8 Å². The third-order valence-electron chi connectivity index (χ3n) is 5.23. The van der Waals surface area contributed by atoms with Gasteiger partial charge in [0.25, 0.3) is 0 Å². The number of hydrogen-bond acceptors (Lipinski definition) is 1. The van der Waals surface area contributed by atoms with E-state index in [1.54, 1.807) is 0 Å². The number of aromatic amines is 1. The zero-order valence-corrected chi connectivity index (χ0v) is 10.8. The quantitative estimate of drug-likeness (QED) is 0.828. The summed E-state index contributed by atoms with van der Waals surface area (Å²) in [5, 5.41) is 5.01. The maximum Gasteiger partial charge on any atom is 0.0456 e. The van der Waals surface area contributed by atoms with Crippen LogP contribution in [0.2, 0.25) is 0 Å². The Hall–Kier alpha value is -1.28. The number of rotatable bonds is 2. The molecule has 4 atom stereocenters. The van der Waals surface area contributed by atoms with Crippen LogP contribution in [0, 0.1) is 11.8 Å². The first-order chi connectivity index (χ1) is 8.88. The molecule has 2 aliphatic carbocycles. The average Bonchev–Trinajstić information content (AvgIpc) is 3.11. The second-order valence-electron chi connectivity index (χ2n) is 5.96. The molecule has 1 aromatic carbocycles. The minimum absolute atomic E-state index is 0.683. The molecule has 1 aromatic heterocycles. The summed E-state index contributed by atoms with van der Waals surface area (Å²) in [7, 11) is 2.13. The lowest BCUT2D eigenvalue weighted by atomic mass is 9.80. The molecule has 0 saturated heterocycles. The summed E-state index contributed by atoms with van der Waals surface area (Å²) in [6, 6.07) is 9.39. The Morgan fingerprint density at radius 3 is 2.89 bits per heavy atom. The lowest BCUT2D eigenvalue weighted by molar-refractivity contribution is 0.327. The second-order valence-corrected chi connectivity index (χ2v) is 5.96. The van der Waals surface area contributed by atoms with E-state index < -0.39 is 0 Å². The molecule has 0 amide bonds. The fourth-order valence-electron chi connectivity index (χ4n) is 4.52. The van der Waals surface area contributed by atoms with Gasteiger partial charge in [-0.1, -0.05) is 18.2 Å². The molecule has 94 valence electrons. The molecule has 18 heavy (non-hydrogen) atoms. The largest absolute Gasteiger partial charge is 0.361 e. The van der Waals surface area contributed by atoms with Gasteiger partial charge < -0.3 is 10.3 Å². The predicted molar refractivity (Wildman–Crippen MR) is 74.7 cm³/mol. The van der Waals surface area contributed by atoms with Crippen molar-refractivity contribution in [2.75, 3.05) is 7.05 Å². The van der Waals surface area contributed by atoms with Crippen molar-refractivity contribution in [3.05, 3.63) is 36.0 Å². The Labute approximate surface area is 108 Å². The topological polar surface area (TPSA) is 27.8 Å². The minimum atomic E-state index is 0.683. The lowest BCUT2D eigenvalue weighted by Gasteiger charge is -2.30. The van der Waals surface area contributed by atoms with Crippen LogP contribution in [0.1, 0.15) is 30.7 Å². The third kappa shape index (κ3) is 1.33. The van der Waals surface area contributed by atoms with Crippen molar-refractivity contribution in [1.29, 1.82) is 0 Å². The summed E-state index contributed by atoms with van der Waals surface area (Å²) >= 11 is 0. The summed E-state index contributed by atoms with van der Waals surface area (Å²) in [6.45, 7) is 0. The van der Waals surface area contributed by atoms with Gasteiger partial charge in [-0.3, -0.25) is 0 Å². The highest BCUT2D eigenvalue weighted by Crippen LogP contribution is 2.53. The zero-order valence-electron chi connectivity index (χ0n) is 10.8. The van der Waals surface area contributed by atoms with Gasteiger partial charge in [0.05, 0.1) is 0 Å². The molecule has 0 spiro atoms. The van der Waals surface area contributed by atoms with Crippen LogP contribution in [0.5, 0.6) is 0 Å². The fraction of sp³-hybridized carbons (Fsp3) is 0.500. The molecule has 0 aliphatic heterocycles. The number of fused-ring (bicyclic) bond motifs is 3. The number of aromatic nitrogens is 1. The highest BCUT2D eigenvalue weighted by molar-refractivity contribution is 5.83. The fourth-order valence-corrected chi connectivity index (χ4v) is 4.52. The number of para-hydroxylation sites is 1. The summed E-state index contributed by atoms with van der Waals surface area (Å²) < 4.78 is 0. The number of nitrogens with one attached hydrogen (secondary N) is 2. The highest BCUT2D eigenvalue weighted by atomic mass is 14.9. The number of likely N-dealkylation sites (N-methyl/N-ethyl adjacent to an activating group) is 1. The van der Waals surface area contributed by atoms with Gasteiger partial charge in [-0.15, -0.1) is 0 Å². The van der Waals surface area contributed by atoms with E-state index in [1.807, 2.05) is 0 Å². The highest BCUT2D eigenvalue weighted by Gasteiger charge is 2.47. The van der Waals surface area contributed by atoms with E-state index in [9.17, 15) is 0 Å². The smallest absolute Gasteiger partial charge is 0.0456 e. The summed E-state index contributed by atoms with van der Waals surface area (Å²) in [5.74, 6) is 2.51. The van der Waals surface area contributed by atoms with Crippen LogP contribution in [-0.4, -0.2) is 18.1 Å². The van der Waals surface area contributed by atoms with E-state index in [1.165, 1.54) is 35.7 Å². The van der Waals surface area contributed by atoms with Gasteiger partial charge >= 0.3 is 0 Å². The molecular formula is C16H20N2. The lowest BCUT2D eigenvalue weighted by Crippen LogP contribution is -2.36. The van der Waals surface area contributed by atoms with E-state index in [-0.39, 0.29) is 0 Å². The molecule has 2 bridgehead atoms. The van der Waals surface area contributed by atoms with E-state index >= 15 is 0 Å². The Morgan fingerprint density at radius 2 is 2.00 bits per heavy atom. The Bertz CT molecular complexity index is 571. The molecule has 2 heteroatoms. The summed E-state index contributed by atoms with van der Waals surface area (Å²) in [4.78, 5) is 3.44. The molecule has 2 saturated carbocycles. The number of hydrogen-bond donors (Lipinski definition) is 2. The molecule has 0 unspecified atom stereocenters. The maximum absolute atomic E-state index is 3.58. The van der Waals surface area contributed by atoms with Gasteiger partial charge in [-0.25, -0.2) is 0 Å². The van der Waals surface area contributed by atoms with Crippen LogP contribution in [0.25, 0.3) is 10.9 Å². The number of H-pyrrole nitrogens is 1. The first kappa shape index (κ1) is 10.6. The Balaban J connectivity index is 1.82. The standard InChI is InChI=1S/C16H20N2/c1-17-16-11-7-6-10(8-11)15(16)13-9-18-14-5-3-2-4-12(13)14/h2-5,9-11,15-18H,6-8H2,1H3/t10-,11+,15+,16-/m1/s1.